The van der Waals surface area contributed by atoms with Gasteiger partial charge in [0.05, 0.1) is 11.4 Å². The first-order valence-electron chi connectivity index (χ1n) is 2.74. The van der Waals surface area contributed by atoms with Gasteiger partial charge in [0, 0.05) is 10.3 Å². The lowest BCUT2D eigenvalue weighted by atomic mass is 10.3. The Morgan fingerprint density at radius 1 is 1.45 bits per heavy atom. The van der Waals surface area contributed by atoms with E-state index < -0.39 is 11.7 Å². The van der Waals surface area contributed by atoms with Crippen LogP contribution in [0.2, 0.25) is 0 Å². The highest BCUT2D eigenvalue weighted by Gasteiger charge is 2.31. The summed E-state index contributed by atoms with van der Waals surface area (Å²) in [5.74, 6) is 0.140. The zero-order chi connectivity index (χ0) is 8.48. The molecule has 0 unspecified atom stereocenters. The van der Waals surface area contributed by atoms with Gasteiger partial charge in [0.2, 0.25) is 0 Å². The van der Waals surface area contributed by atoms with Crippen LogP contribution in [-0.2, 0) is 12.1 Å². The highest BCUT2D eigenvalue weighted by Crippen LogP contribution is 2.32. The summed E-state index contributed by atoms with van der Waals surface area (Å²) in [5, 5.41) is 1.07. The quantitative estimate of drug-likeness (QED) is 0.609. The Labute approximate surface area is 70.6 Å². The van der Waals surface area contributed by atoms with E-state index in [0.717, 1.165) is 22.8 Å². The fourth-order valence-electron chi connectivity index (χ4n) is 0.599. The second kappa shape index (κ2) is 3.03. The molecule has 0 amide bonds. The van der Waals surface area contributed by atoms with Crippen molar-refractivity contribution in [3.05, 3.63) is 21.9 Å². The Balaban J connectivity index is 2.89. The lowest BCUT2D eigenvalue weighted by molar-refractivity contribution is -0.137. The van der Waals surface area contributed by atoms with Gasteiger partial charge in [0.1, 0.15) is 0 Å². The van der Waals surface area contributed by atoms with Gasteiger partial charge in [-0.1, -0.05) is 0 Å². The molecule has 0 aliphatic heterocycles. The SMILES string of the molecule is FC(F)(F)c1csc(CCl)c1. The van der Waals surface area contributed by atoms with Gasteiger partial charge in [-0.3, -0.25) is 0 Å². The second-order valence-electron chi connectivity index (χ2n) is 1.93. The van der Waals surface area contributed by atoms with Gasteiger partial charge in [0.15, 0.2) is 0 Å². The average molecular weight is 201 g/mol. The third kappa shape index (κ3) is 2.10. The van der Waals surface area contributed by atoms with E-state index in [1.54, 1.807) is 0 Å². The largest absolute Gasteiger partial charge is 0.417 e. The van der Waals surface area contributed by atoms with Crippen LogP contribution in [0.5, 0.6) is 0 Å². The Kier molecular flexibility index (Phi) is 2.44. The molecule has 0 radical (unpaired) electrons. The van der Waals surface area contributed by atoms with E-state index in [0.29, 0.717) is 4.88 Å². The van der Waals surface area contributed by atoms with Crippen molar-refractivity contribution in [2.45, 2.75) is 12.1 Å². The molecule has 0 spiro atoms. The molecular formula is C6H4ClF3S. The maximum absolute atomic E-state index is 11.9. The second-order valence-corrected chi connectivity index (χ2v) is 3.20. The van der Waals surface area contributed by atoms with Crippen LogP contribution >= 0.6 is 22.9 Å². The van der Waals surface area contributed by atoms with E-state index >= 15 is 0 Å². The van der Waals surface area contributed by atoms with Crippen LogP contribution in [0.15, 0.2) is 11.4 Å². The van der Waals surface area contributed by atoms with E-state index in [2.05, 4.69) is 0 Å². The number of thiophene rings is 1. The molecule has 0 saturated heterocycles. The van der Waals surface area contributed by atoms with Crippen molar-refractivity contribution >= 4 is 22.9 Å². The molecule has 1 aromatic heterocycles. The van der Waals surface area contributed by atoms with Gasteiger partial charge in [-0.05, 0) is 6.07 Å². The van der Waals surface area contributed by atoms with Crippen LogP contribution in [0, 0.1) is 0 Å². The minimum absolute atomic E-state index is 0.140. The molecule has 11 heavy (non-hydrogen) atoms. The summed E-state index contributed by atoms with van der Waals surface area (Å²) in [6.45, 7) is 0. The van der Waals surface area contributed by atoms with Gasteiger partial charge in [-0.15, -0.1) is 22.9 Å². The first-order valence-corrected chi connectivity index (χ1v) is 4.16. The summed E-state index contributed by atoms with van der Waals surface area (Å²) in [7, 11) is 0. The van der Waals surface area contributed by atoms with Crippen LogP contribution < -0.4 is 0 Å². The summed E-state index contributed by atoms with van der Waals surface area (Å²) in [6.07, 6.45) is -4.24. The highest BCUT2D eigenvalue weighted by atomic mass is 35.5. The summed E-state index contributed by atoms with van der Waals surface area (Å²) in [4.78, 5) is 0.541. The smallest absolute Gasteiger partial charge is 0.166 e. The molecule has 0 aliphatic carbocycles. The van der Waals surface area contributed by atoms with Crippen molar-refractivity contribution in [1.82, 2.24) is 0 Å². The highest BCUT2D eigenvalue weighted by molar-refractivity contribution is 7.10. The molecule has 1 rings (SSSR count). The minimum Gasteiger partial charge on any atom is -0.166 e. The molecule has 0 bridgehead atoms. The van der Waals surface area contributed by atoms with E-state index in [1.165, 1.54) is 0 Å². The Morgan fingerprint density at radius 2 is 2.09 bits per heavy atom. The van der Waals surface area contributed by atoms with Crippen LogP contribution in [0.3, 0.4) is 0 Å². The molecule has 0 atom stereocenters. The molecule has 0 fully saturated rings. The van der Waals surface area contributed by atoms with E-state index in [1.807, 2.05) is 0 Å². The van der Waals surface area contributed by atoms with Crippen molar-refractivity contribution in [1.29, 1.82) is 0 Å². The van der Waals surface area contributed by atoms with Crippen LogP contribution in [0.25, 0.3) is 0 Å². The predicted octanol–water partition coefficient (Wildman–Crippen LogP) is 3.51. The minimum atomic E-state index is -4.24. The third-order valence-electron chi connectivity index (χ3n) is 1.11. The number of hydrogen-bond acceptors (Lipinski definition) is 1. The summed E-state index contributed by atoms with van der Waals surface area (Å²) >= 11 is 6.36. The molecule has 5 heteroatoms. The van der Waals surface area contributed by atoms with Gasteiger partial charge in [-0.25, -0.2) is 0 Å². The standard InChI is InChI=1S/C6H4ClF3S/c7-2-5-1-4(3-11-5)6(8,9)10/h1,3H,2H2. The van der Waals surface area contributed by atoms with E-state index in [9.17, 15) is 13.2 Å². The molecule has 0 aliphatic rings. The van der Waals surface area contributed by atoms with Gasteiger partial charge in [0.25, 0.3) is 0 Å². The number of halogens is 4. The van der Waals surface area contributed by atoms with E-state index in [4.69, 9.17) is 11.6 Å². The Bertz CT molecular complexity index is 240. The molecule has 0 N–H and O–H groups in total. The molecule has 1 heterocycles. The van der Waals surface area contributed by atoms with Gasteiger partial charge in [-0.2, -0.15) is 13.2 Å². The van der Waals surface area contributed by atoms with Crippen molar-refractivity contribution in [2.75, 3.05) is 0 Å². The van der Waals surface area contributed by atoms with Crippen LogP contribution in [0.1, 0.15) is 10.4 Å². The summed E-state index contributed by atoms with van der Waals surface area (Å²) in [6, 6.07) is 1.07. The van der Waals surface area contributed by atoms with Gasteiger partial charge >= 0.3 is 6.18 Å². The topological polar surface area (TPSA) is 0 Å². The molecule has 0 aromatic carbocycles. The molecule has 0 saturated carbocycles. The van der Waals surface area contributed by atoms with Gasteiger partial charge < -0.3 is 0 Å². The number of alkyl halides is 4. The Morgan fingerprint density at radius 3 is 2.36 bits per heavy atom. The molecule has 62 valence electrons. The molecule has 0 nitrogen and oxygen atoms in total. The fourth-order valence-corrected chi connectivity index (χ4v) is 1.60. The number of hydrogen-bond donors (Lipinski definition) is 0. The van der Waals surface area contributed by atoms with Crippen LogP contribution in [0.4, 0.5) is 13.2 Å². The van der Waals surface area contributed by atoms with Crippen LogP contribution in [-0.4, -0.2) is 0 Å². The predicted molar refractivity (Wildman–Crippen MR) is 38.9 cm³/mol. The van der Waals surface area contributed by atoms with Crippen molar-refractivity contribution in [2.24, 2.45) is 0 Å². The summed E-state index contributed by atoms with van der Waals surface area (Å²) < 4.78 is 35.7. The van der Waals surface area contributed by atoms with Crippen molar-refractivity contribution in [3.8, 4) is 0 Å². The monoisotopic (exact) mass is 200 g/mol. The lowest BCUT2D eigenvalue weighted by Gasteiger charge is -2.00. The average Bonchev–Trinajstić information content (AvgIpc) is 2.32. The van der Waals surface area contributed by atoms with E-state index in [-0.39, 0.29) is 5.88 Å². The lowest BCUT2D eigenvalue weighted by Crippen LogP contribution is -2.01. The zero-order valence-corrected chi connectivity index (χ0v) is 6.85. The molecular weight excluding hydrogens is 197 g/mol. The Hall–Kier alpha value is -0.220. The molecule has 1 aromatic rings. The first kappa shape index (κ1) is 8.87. The first-order chi connectivity index (χ1) is 5.04. The normalized spacial score (nSPS) is 12.0. The maximum atomic E-state index is 11.9. The number of rotatable bonds is 1. The fraction of sp³-hybridized carbons (Fsp3) is 0.333. The maximum Gasteiger partial charge on any atom is 0.417 e. The zero-order valence-electron chi connectivity index (χ0n) is 5.28. The van der Waals surface area contributed by atoms with Crippen molar-refractivity contribution < 1.29 is 13.2 Å². The third-order valence-corrected chi connectivity index (χ3v) is 2.50. The summed E-state index contributed by atoms with van der Waals surface area (Å²) in [5.41, 5.74) is -0.613. The van der Waals surface area contributed by atoms with Crippen molar-refractivity contribution in [3.63, 3.8) is 0 Å².